The molecule has 5 rings (SSSR count). The number of aromatic nitrogens is 1. The van der Waals surface area contributed by atoms with Gasteiger partial charge in [-0.05, 0) is 54.2 Å². The van der Waals surface area contributed by atoms with Gasteiger partial charge in [0.15, 0.2) is 0 Å². The smallest absolute Gasteiger partial charge is 0.248 e. The standard InChI is InChI=1S/C34H34N4O4/c1-21-27-13-7-6-12-24(27)17-29(21)33(41)36-22(2)32(40)38-31(18-25-19-35-30-15-9-8-14-28(25)30)34(42)37-26(20-39)16-23-10-4-3-5-11-23/h3-15,19-20,22,26,31,35H,16-18H2,1-2H3,(H,36,41)(H,37,42)(H,38,40)/t22?,26-,31?/m0/s1. The molecule has 0 saturated heterocycles. The molecule has 42 heavy (non-hydrogen) atoms. The molecule has 8 nitrogen and oxygen atoms in total. The van der Waals surface area contributed by atoms with E-state index in [0.29, 0.717) is 24.7 Å². The van der Waals surface area contributed by atoms with Crippen LogP contribution in [0.5, 0.6) is 0 Å². The van der Waals surface area contributed by atoms with Gasteiger partial charge < -0.3 is 25.7 Å². The number of nitrogens with one attached hydrogen (secondary N) is 4. The summed E-state index contributed by atoms with van der Waals surface area (Å²) in [7, 11) is 0. The normalized spacial score (nSPS) is 14.5. The second-order valence-corrected chi connectivity index (χ2v) is 10.7. The predicted molar refractivity (Wildman–Crippen MR) is 162 cm³/mol. The Morgan fingerprint density at radius 1 is 0.857 bits per heavy atom. The molecule has 0 saturated carbocycles. The number of aromatic amines is 1. The number of hydrogen-bond acceptors (Lipinski definition) is 4. The zero-order valence-corrected chi connectivity index (χ0v) is 23.6. The van der Waals surface area contributed by atoms with Crippen molar-refractivity contribution in [3.05, 3.63) is 113 Å². The molecule has 4 aromatic rings. The number of allylic oxidation sites excluding steroid dienone is 1. The number of fused-ring (bicyclic) bond motifs is 2. The van der Waals surface area contributed by atoms with Crippen molar-refractivity contribution in [1.29, 1.82) is 0 Å². The summed E-state index contributed by atoms with van der Waals surface area (Å²) in [5.74, 6) is -1.29. The van der Waals surface area contributed by atoms with Crippen LogP contribution in [0.2, 0.25) is 0 Å². The molecule has 0 radical (unpaired) electrons. The van der Waals surface area contributed by atoms with Crippen LogP contribution in [0.25, 0.3) is 16.5 Å². The first-order valence-corrected chi connectivity index (χ1v) is 14.1. The Labute approximate surface area is 244 Å². The Morgan fingerprint density at radius 3 is 2.33 bits per heavy atom. The summed E-state index contributed by atoms with van der Waals surface area (Å²) in [6, 6.07) is 22.3. The third-order valence-electron chi connectivity index (χ3n) is 7.78. The van der Waals surface area contributed by atoms with E-state index in [1.165, 1.54) is 0 Å². The van der Waals surface area contributed by atoms with Gasteiger partial charge in [-0.1, -0.05) is 72.8 Å². The fourth-order valence-electron chi connectivity index (χ4n) is 5.44. The maximum atomic E-state index is 13.5. The van der Waals surface area contributed by atoms with Gasteiger partial charge in [-0.3, -0.25) is 14.4 Å². The molecule has 4 N–H and O–H groups in total. The zero-order chi connectivity index (χ0) is 29.6. The average Bonchev–Trinajstić information content (AvgIpc) is 3.57. The molecular formula is C34H34N4O4. The van der Waals surface area contributed by atoms with E-state index in [4.69, 9.17) is 0 Å². The van der Waals surface area contributed by atoms with E-state index in [1.807, 2.05) is 92.0 Å². The van der Waals surface area contributed by atoms with Crippen LogP contribution in [0.3, 0.4) is 0 Å². The molecule has 3 atom stereocenters. The van der Waals surface area contributed by atoms with Crippen molar-refractivity contribution in [2.75, 3.05) is 0 Å². The molecule has 2 unspecified atom stereocenters. The summed E-state index contributed by atoms with van der Waals surface area (Å²) < 4.78 is 0. The molecule has 3 aromatic carbocycles. The van der Waals surface area contributed by atoms with E-state index in [0.717, 1.165) is 38.7 Å². The SMILES string of the molecule is CC1=C(C(=O)NC(C)C(=O)NC(Cc2c[nH]c3ccccc23)C(=O)N[C@H](C=O)Cc2ccccc2)Cc2ccccc21. The van der Waals surface area contributed by atoms with Crippen LogP contribution in [0.15, 0.2) is 90.6 Å². The molecule has 0 fully saturated rings. The first-order valence-electron chi connectivity index (χ1n) is 14.1. The highest BCUT2D eigenvalue weighted by Crippen LogP contribution is 2.32. The van der Waals surface area contributed by atoms with Gasteiger partial charge in [0.2, 0.25) is 17.7 Å². The molecule has 0 aliphatic heterocycles. The van der Waals surface area contributed by atoms with Crippen molar-refractivity contribution in [1.82, 2.24) is 20.9 Å². The van der Waals surface area contributed by atoms with Crippen molar-refractivity contribution < 1.29 is 19.2 Å². The molecule has 1 aliphatic carbocycles. The zero-order valence-electron chi connectivity index (χ0n) is 23.6. The predicted octanol–water partition coefficient (Wildman–Crippen LogP) is 3.66. The summed E-state index contributed by atoms with van der Waals surface area (Å²) in [5.41, 5.74) is 6.29. The van der Waals surface area contributed by atoms with Crippen LogP contribution < -0.4 is 16.0 Å². The van der Waals surface area contributed by atoms with Gasteiger partial charge in [0.25, 0.3) is 0 Å². The second-order valence-electron chi connectivity index (χ2n) is 10.7. The fraction of sp³-hybridized carbons (Fsp3) is 0.235. The number of carbonyl (C=O) groups excluding carboxylic acids is 4. The van der Waals surface area contributed by atoms with Gasteiger partial charge in [-0.25, -0.2) is 0 Å². The highest BCUT2D eigenvalue weighted by molar-refractivity contribution is 6.05. The van der Waals surface area contributed by atoms with Crippen molar-refractivity contribution in [3.8, 4) is 0 Å². The van der Waals surface area contributed by atoms with Crippen molar-refractivity contribution >= 4 is 40.5 Å². The van der Waals surface area contributed by atoms with Crippen LogP contribution in [0.1, 0.15) is 36.1 Å². The van der Waals surface area contributed by atoms with E-state index in [-0.39, 0.29) is 12.3 Å². The van der Waals surface area contributed by atoms with Crippen molar-refractivity contribution in [2.24, 2.45) is 0 Å². The van der Waals surface area contributed by atoms with Crippen molar-refractivity contribution in [2.45, 2.75) is 51.2 Å². The van der Waals surface area contributed by atoms with Crippen LogP contribution in [0.4, 0.5) is 0 Å². The van der Waals surface area contributed by atoms with E-state index < -0.39 is 29.9 Å². The fourth-order valence-corrected chi connectivity index (χ4v) is 5.44. The van der Waals surface area contributed by atoms with Crippen LogP contribution in [-0.2, 0) is 38.4 Å². The third kappa shape index (κ3) is 6.33. The van der Waals surface area contributed by atoms with Crippen LogP contribution in [-0.4, -0.2) is 47.1 Å². The molecule has 1 aliphatic rings. The monoisotopic (exact) mass is 562 g/mol. The van der Waals surface area contributed by atoms with Gasteiger partial charge >= 0.3 is 0 Å². The van der Waals surface area contributed by atoms with Crippen LogP contribution >= 0.6 is 0 Å². The number of amides is 3. The Hall–Kier alpha value is -4.98. The Balaban J connectivity index is 1.30. The highest BCUT2D eigenvalue weighted by atomic mass is 16.2. The third-order valence-corrected chi connectivity index (χ3v) is 7.78. The lowest BCUT2D eigenvalue weighted by Crippen LogP contribution is -2.55. The number of carbonyl (C=O) groups is 4. The van der Waals surface area contributed by atoms with Crippen LogP contribution in [0, 0.1) is 0 Å². The molecule has 0 bridgehead atoms. The Bertz CT molecular complexity index is 1660. The summed E-state index contributed by atoms with van der Waals surface area (Å²) in [6.45, 7) is 3.50. The number of H-pyrrole nitrogens is 1. The Kier molecular flexibility index (Phi) is 8.62. The van der Waals surface area contributed by atoms with E-state index in [1.54, 1.807) is 6.92 Å². The highest BCUT2D eigenvalue weighted by Gasteiger charge is 2.29. The lowest BCUT2D eigenvalue weighted by atomic mass is 10.0. The lowest BCUT2D eigenvalue weighted by Gasteiger charge is -2.23. The number of rotatable bonds is 11. The summed E-state index contributed by atoms with van der Waals surface area (Å²) >= 11 is 0. The summed E-state index contributed by atoms with van der Waals surface area (Å²) in [6.07, 6.45) is 3.54. The minimum atomic E-state index is -0.981. The van der Waals surface area contributed by atoms with Gasteiger partial charge in [0.1, 0.15) is 18.4 Å². The maximum Gasteiger partial charge on any atom is 0.248 e. The number of benzene rings is 3. The molecule has 8 heteroatoms. The maximum absolute atomic E-state index is 13.5. The van der Waals surface area contributed by atoms with E-state index in [2.05, 4.69) is 20.9 Å². The average molecular weight is 563 g/mol. The molecule has 214 valence electrons. The number of para-hydroxylation sites is 1. The second kappa shape index (κ2) is 12.7. The topological polar surface area (TPSA) is 120 Å². The number of hydrogen-bond donors (Lipinski definition) is 4. The molecule has 1 aromatic heterocycles. The van der Waals surface area contributed by atoms with Gasteiger partial charge in [-0.2, -0.15) is 0 Å². The first-order chi connectivity index (χ1) is 20.3. The van der Waals surface area contributed by atoms with Crippen molar-refractivity contribution in [3.63, 3.8) is 0 Å². The van der Waals surface area contributed by atoms with E-state index in [9.17, 15) is 19.2 Å². The van der Waals surface area contributed by atoms with Gasteiger partial charge in [0.05, 0.1) is 6.04 Å². The Morgan fingerprint density at radius 2 is 1.57 bits per heavy atom. The van der Waals surface area contributed by atoms with E-state index >= 15 is 0 Å². The quantitative estimate of drug-likeness (QED) is 0.209. The molecule has 3 amide bonds. The van der Waals surface area contributed by atoms with Gasteiger partial charge in [0, 0.05) is 35.5 Å². The minimum absolute atomic E-state index is 0.193. The minimum Gasteiger partial charge on any atom is -0.361 e. The van der Waals surface area contributed by atoms with Gasteiger partial charge in [-0.15, -0.1) is 0 Å². The number of aldehydes is 1. The lowest BCUT2D eigenvalue weighted by molar-refractivity contribution is -0.131. The first kappa shape index (κ1) is 28.5. The largest absolute Gasteiger partial charge is 0.361 e. The summed E-state index contributed by atoms with van der Waals surface area (Å²) in [4.78, 5) is 55.1. The molecule has 0 spiro atoms. The summed E-state index contributed by atoms with van der Waals surface area (Å²) in [5, 5.41) is 9.36. The molecular weight excluding hydrogens is 528 g/mol. The molecule has 1 heterocycles.